The highest BCUT2D eigenvalue weighted by atomic mass is 16.6. The number of hydrogen-bond donors (Lipinski definition) is 2. The van der Waals surface area contributed by atoms with E-state index in [2.05, 4.69) is 17.1 Å². The molecule has 0 fully saturated rings. The third-order valence-corrected chi connectivity index (χ3v) is 4.75. The second-order valence-corrected chi connectivity index (χ2v) is 6.45. The van der Waals surface area contributed by atoms with Gasteiger partial charge in [0.1, 0.15) is 13.2 Å². The predicted octanol–water partition coefficient (Wildman–Crippen LogP) is 3.76. The van der Waals surface area contributed by atoms with Gasteiger partial charge in [0.05, 0.1) is 11.6 Å². The molecule has 3 N–H and O–H groups in total. The van der Waals surface area contributed by atoms with Crippen LogP contribution in [0.4, 0.5) is 0 Å². The van der Waals surface area contributed by atoms with Crippen molar-refractivity contribution in [2.75, 3.05) is 19.8 Å². The monoisotopic (exact) mass is 347 g/mol. The molecule has 0 amide bonds. The van der Waals surface area contributed by atoms with Gasteiger partial charge in [0.2, 0.25) is 0 Å². The number of nitrogens with two attached hydrogens (primary N) is 1. The van der Waals surface area contributed by atoms with Crippen LogP contribution in [-0.4, -0.2) is 24.7 Å². The lowest BCUT2D eigenvalue weighted by atomic mass is 9.99. The number of benzene rings is 2. The number of ether oxygens (including phenoxy) is 2. The summed E-state index contributed by atoms with van der Waals surface area (Å²) >= 11 is 0. The Morgan fingerprint density at radius 2 is 1.88 bits per heavy atom. The van der Waals surface area contributed by atoms with Gasteiger partial charge in [0.25, 0.3) is 0 Å². The van der Waals surface area contributed by atoms with Crippen molar-refractivity contribution >= 4 is 10.9 Å². The first-order valence-electron chi connectivity index (χ1n) is 8.95. The van der Waals surface area contributed by atoms with Crippen LogP contribution in [-0.2, 0) is 6.42 Å². The lowest BCUT2D eigenvalue weighted by molar-refractivity contribution is 0.171. The average molecular weight is 347 g/mol. The summed E-state index contributed by atoms with van der Waals surface area (Å²) in [5.74, 6) is 1.56. The lowest BCUT2D eigenvalue weighted by Crippen LogP contribution is -2.15. The zero-order chi connectivity index (χ0) is 17.9. The molecule has 1 aliphatic heterocycles. The van der Waals surface area contributed by atoms with Crippen molar-refractivity contribution in [3.63, 3.8) is 0 Å². The molecule has 3 aromatic rings. The summed E-state index contributed by atoms with van der Waals surface area (Å²) in [6.45, 7) is 1.84. The molecule has 26 heavy (non-hydrogen) atoms. The van der Waals surface area contributed by atoms with Crippen molar-refractivity contribution in [3.05, 3.63) is 47.5 Å². The molecule has 0 radical (unpaired) electrons. The molecule has 0 spiro atoms. The Morgan fingerprint density at radius 3 is 2.69 bits per heavy atom. The van der Waals surface area contributed by atoms with Crippen molar-refractivity contribution in [2.24, 2.45) is 5.73 Å². The molecule has 0 saturated carbocycles. The topological polar surface area (TPSA) is 84.1 Å². The van der Waals surface area contributed by atoms with Crippen molar-refractivity contribution in [1.29, 1.82) is 5.26 Å². The van der Waals surface area contributed by atoms with Gasteiger partial charge in [-0.05, 0) is 67.8 Å². The quantitative estimate of drug-likeness (QED) is 0.688. The molecule has 4 rings (SSSR count). The van der Waals surface area contributed by atoms with E-state index in [9.17, 15) is 5.26 Å². The van der Waals surface area contributed by atoms with Crippen molar-refractivity contribution in [2.45, 2.75) is 19.3 Å². The Bertz CT molecular complexity index is 985. The average Bonchev–Trinajstić information content (AvgIpc) is 3.05. The van der Waals surface area contributed by atoms with Crippen LogP contribution in [0.1, 0.15) is 24.0 Å². The van der Waals surface area contributed by atoms with Crippen LogP contribution in [0.2, 0.25) is 0 Å². The molecule has 0 aliphatic carbocycles. The summed E-state index contributed by atoms with van der Waals surface area (Å²) in [6.07, 6.45) is 2.90. The number of unbranched alkanes of at least 4 members (excludes halogenated alkanes) is 1. The molecule has 5 heteroatoms. The van der Waals surface area contributed by atoms with Crippen LogP contribution in [0.15, 0.2) is 36.4 Å². The normalized spacial score (nSPS) is 12.9. The highest BCUT2D eigenvalue weighted by molar-refractivity contribution is 5.92. The van der Waals surface area contributed by atoms with Crippen LogP contribution < -0.4 is 15.2 Å². The van der Waals surface area contributed by atoms with E-state index in [0.717, 1.165) is 52.9 Å². The van der Waals surface area contributed by atoms with E-state index in [1.165, 1.54) is 5.56 Å². The van der Waals surface area contributed by atoms with Crippen LogP contribution >= 0.6 is 0 Å². The van der Waals surface area contributed by atoms with E-state index in [-0.39, 0.29) is 0 Å². The fourth-order valence-electron chi connectivity index (χ4n) is 3.47. The number of aromatic amines is 1. The molecule has 0 saturated heterocycles. The Labute approximate surface area is 152 Å². The third kappa shape index (κ3) is 3.00. The van der Waals surface area contributed by atoms with E-state index < -0.39 is 0 Å². The number of hydrogen-bond acceptors (Lipinski definition) is 4. The van der Waals surface area contributed by atoms with Crippen LogP contribution in [0.5, 0.6) is 11.5 Å². The number of fused-ring (bicyclic) bond motifs is 2. The first kappa shape index (κ1) is 16.5. The molecular formula is C21H21N3O2. The minimum Gasteiger partial charge on any atom is -0.486 e. The van der Waals surface area contributed by atoms with E-state index in [1.54, 1.807) is 0 Å². The van der Waals surface area contributed by atoms with E-state index in [1.807, 2.05) is 30.3 Å². The minimum absolute atomic E-state index is 0.568. The van der Waals surface area contributed by atoms with E-state index in [0.29, 0.717) is 25.3 Å². The second-order valence-electron chi connectivity index (χ2n) is 6.45. The maximum atomic E-state index is 9.25. The van der Waals surface area contributed by atoms with Crippen molar-refractivity contribution in [3.8, 4) is 28.8 Å². The summed E-state index contributed by atoms with van der Waals surface area (Å²) in [7, 11) is 0. The maximum Gasteiger partial charge on any atom is 0.162 e. The molecule has 0 atom stereocenters. The molecule has 2 heterocycles. The summed E-state index contributed by atoms with van der Waals surface area (Å²) in [4.78, 5) is 3.53. The van der Waals surface area contributed by atoms with Gasteiger partial charge in [0, 0.05) is 22.2 Å². The van der Waals surface area contributed by atoms with Crippen LogP contribution in [0, 0.1) is 11.3 Å². The summed E-state index contributed by atoms with van der Waals surface area (Å²) < 4.78 is 11.4. The molecule has 0 unspecified atom stereocenters. The molecule has 1 aliphatic rings. The molecule has 132 valence electrons. The highest BCUT2D eigenvalue weighted by Gasteiger charge is 2.17. The standard InChI is InChI=1S/C21H21N3O2/c22-8-2-1-3-16-17-11-14(13-23)4-6-18(17)24-21(16)15-5-7-19-20(12-15)26-10-9-25-19/h4-7,11-12,24H,1-3,8-10,22H2. The first-order valence-corrected chi connectivity index (χ1v) is 8.95. The van der Waals surface area contributed by atoms with Crippen LogP contribution in [0.25, 0.3) is 22.2 Å². The smallest absolute Gasteiger partial charge is 0.162 e. The molecule has 0 bridgehead atoms. The van der Waals surface area contributed by atoms with Gasteiger partial charge in [-0.25, -0.2) is 0 Å². The molecular weight excluding hydrogens is 326 g/mol. The summed E-state index contributed by atoms with van der Waals surface area (Å²) in [6, 6.07) is 14.0. The summed E-state index contributed by atoms with van der Waals surface area (Å²) in [5, 5.41) is 10.4. The number of H-pyrrole nitrogens is 1. The first-order chi connectivity index (χ1) is 12.8. The van der Waals surface area contributed by atoms with Gasteiger partial charge in [0.15, 0.2) is 11.5 Å². The zero-order valence-electron chi connectivity index (χ0n) is 14.5. The number of nitriles is 1. The van der Waals surface area contributed by atoms with Gasteiger partial charge >= 0.3 is 0 Å². The second kappa shape index (κ2) is 7.11. The predicted molar refractivity (Wildman–Crippen MR) is 101 cm³/mol. The van der Waals surface area contributed by atoms with Crippen molar-refractivity contribution in [1.82, 2.24) is 4.98 Å². The number of aromatic nitrogens is 1. The molecule has 2 aromatic carbocycles. The number of aryl methyl sites for hydroxylation is 1. The zero-order valence-corrected chi connectivity index (χ0v) is 14.5. The maximum absolute atomic E-state index is 9.25. The highest BCUT2D eigenvalue weighted by Crippen LogP contribution is 2.38. The Kier molecular flexibility index (Phi) is 4.51. The Morgan fingerprint density at radius 1 is 1.04 bits per heavy atom. The minimum atomic E-state index is 0.568. The molecule has 1 aromatic heterocycles. The lowest BCUT2D eigenvalue weighted by Gasteiger charge is -2.19. The third-order valence-electron chi connectivity index (χ3n) is 4.75. The van der Waals surface area contributed by atoms with Gasteiger partial charge in [-0.3, -0.25) is 0 Å². The fourth-order valence-corrected chi connectivity index (χ4v) is 3.47. The van der Waals surface area contributed by atoms with Gasteiger partial charge in [-0.2, -0.15) is 5.26 Å². The van der Waals surface area contributed by atoms with Gasteiger partial charge in [-0.1, -0.05) is 0 Å². The van der Waals surface area contributed by atoms with Gasteiger partial charge < -0.3 is 20.2 Å². The molecule has 5 nitrogen and oxygen atoms in total. The SMILES string of the molecule is N#Cc1ccc2[nH]c(-c3ccc4c(c3)OCCO4)c(CCCCN)c2c1. The Balaban J connectivity index is 1.82. The largest absolute Gasteiger partial charge is 0.486 e. The van der Waals surface area contributed by atoms with E-state index >= 15 is 0 Å². The fraction of sp³-hybridized carbons (Fsp3) is 0.286. The Hall–Kier alpha value is -2.97. The number of rotatable bonds is 5. The number of nitrogens with one attached hydrogen (secondary N) is 1. The number of nitrogens with zero attached hydrogens (tertiary/aromatic N) is 1. The van der Waals surface area contributed by atoms with Crippen molar-refractivity contribution < 1.29 is 9.47 Å². The van der Waals surface area contributed by atoms with Gasteiger partial charge in [-0.15, -0.1) is 0 Å². The van der Waals surface area contributed by atoms with Crippen LogP contribution in [0.3, 0.4) is 0 Å². The van der Waals surface area contributed by atoms with E-state index in [4.69, 9.17) is 15.2 Å². The summed E-state index contributed by atoms with van der Waals surface area (Å²) in [5.41, 5.74) is 10.7.